The van der Waals surface area contributed by atoms with E-state index in [0.29, 0.717) is 11.5 Å². The van der Waals surface area contributed by atoms with E-state index in [-0.39, 0.29) is 17.2 Å². The van der Waals surface area contributed by atoms with E-state index in [1.165, 1.54) is 19.3 Å². The van der Waals surface area contributed by atoms with Crippen molar-refractivity contribution in [3.8, 4) is 0 Å². The zero-order valence-electron chi connectivity index (χ0n) is 17.0. The number of piperidine rings is 1. The first-order valence-corrected chi connectivity index (χ1v) is 11.2. The van der Waals surface area contributed by atoms with E-state index < -0.39 is 0 Å². The van der Waals surface area contributed by atoms with Crippen LogP contribution in [0.5, 0.6) is 0 Å². The maximum absolute atomic E-state index is 13.3. The van der Waals surface area contributed by atoms with E-state index in [2.05, 4.69) is 12.2 Å². The number of carbonyl (C=O) groups excluding carboxylic acids is 2. The Labute approximate surface area is 168 Å². The van der Waals surface area contributed by atoms with Crippen LogP contribution in [0.3, 0.4) is 0 Å². The Morgan fingerprint density at radius 2 is 1.61 bits per heavy atom. The number of anilines is 1. The molecule has 150 valence electrons. The molecule has 0 radical (unpaired) electrons. The molecule has 4 saturated carbocycles. The number of carbonyl (C=O) groups is 2. The van der Waals surface area contributed by atoms with Gasteiger partial charge in [0.05, 0.1) is 5.41 Å². The molecule has 5 fully saturated rings. The van der Waals surface area contributed by atoms with Gasteiger partial charge in [-0.3, -0.25) is 9.59 Å². The highest BCUT2D eigenvalue weighted by atomic mass is 16.2. The maximum atomic E-state index is 13.3. The van der Waals surface area contributed by atoms with Crippen LogP contribution in [0.2, 0.25) is 0 Å². The smallest absolute Gasteiger partial charge is 0.253 e. The summed E-state index contributed by atoms with van der Waals surface area (Å²) in [5, 5.41) is 3.19. The van der Waals surface area contributed by atoms with Crippen LogP contribution in [0.15, 0.2) is 24.3 Å². The molecule has 1 heterocycles. The zero-order chi connectivity index (χ0) is 19.3. The largest absolute Gasteiger partial charge is 0.339 e. The summed E-state index contributed by atoms with van der Waals surface area (Å²) in [6.07, 6.45) is 9.36. The van der Waals surface area contributed by atoms with E-state index in [0.717, 1.165) is 68.6 Å². The molecule has 4 heteroatoms. The number of nitrogens with one attached hydrogen (secondary N) is 1. The van der Waals surface area contributed by atoms with Gasteiger partial charge in [0, 0.05) is 24.3 Å². The second-order valence-corrected chi connectivity index (χ2v) is 10.2. The Balaban J connectivity index is 1.29. The second kappa shape index (κ2) is 6.89. The molecule has 1 saturated heterocycles. The number of rotatable bonds is 3. The van der Waals surface area contributed by atoms with Crippen molar-refractivity contribution in [2.24, 2.45) is 29.1 Å². The zero-order valence-corrected chi connectivity index (χ0v) is 17.0. The van der Waals surface area contributed by atoms with Gasteiger partial charge in [-0.15, -0.1) is 0 Å². The van der Waals surface area contributed by atoms with Gasteiger partial charge >= 0.3 is 0 Å². The van der Waals surface area contributed by atoms with Crippen LogP contribution < -0.4 is 5.32 Å². The van der Waals surface area contributed by atoms with Gasteiger partial charge < -0.3 is 10.2 Å². The van der Waals surface area contributed by atoms with Crippen molar-refractivity contribution in [3.63, 3.8) is 0 Å². The van der Waals surface area contributed by atoms with Crippen molar-refractivity contribution in [2.75, 3.05) is 18.4 Å². The molecule has 0 unspecified atom stereocenters. The van der Waals surface area contributed by atoms with Crippen LogP contribution in [0.1, 0.15) is 68.6 Å². The summed E-state index contributed by atoms with van der Waals surface area (Å²) in [4.78, 5) is 28.1. The fraction of sp³-hybridized carbons (Fsp3) is 0.667. The van der Waals surface area contributed by atoms with E-state index in [4.69, 9.17) is 0 Å². The third-order valence-corrected chi connectivity index (χ3v) is 7.96. The minimum atomic E-state index is -0.155. The standard InChI is InChI=1S/C24H32N2O2/c1-16-5-7-26(8-6-16)22(27)20-3-2-4-21(12-20)25-23(28)24-13-17-9-18(14-24)11-19(10-17)15-24/h2-4,12,16-19H,5-11,13-15H2,1H3,(H,25,28). The van der Waals surface area contributed by atoms with E-state index in [1.54, 1.807) is 0 Å². The molecular formula is C24H32N2O2. The molecule has 2 amide bonds. The predicted molar refractivity (Wildman–Crippen MR) is 110 cm³/mol. The molecule has 0 spiro atoms. The van der Waals surface area contributed by atoms with E-state index in [1.807, 2.05) is 29.2 Å². The Morgan fingerprint density at radius 1 is 1.00 bits per heavy atom. The summed E-state index contributed by atoms with van der Waals surface area (Å²) in [5.74, 6) is 3.26. The second-order valence-electron chi connectivity index (χ2n) is 10.2. The number of nitrogens with zero attached hydrogens (tertiary/aromatic N) is 1. The van der Waals surface area contributed by atoms with Crippen molar-refractivity contribution in [3.05, 3.63) is 29.8 Å². The molecule has 1 aromatic carbocycles. The third kappa shape index (κ3) is 3.25. The molecule has 0 atom stereocenters. The lowest BCUT2D eigenvalue weighted by Gasteiger charge is -2.55. The average Bonchev–Trinajstić information content (AvgIpc) is 2.67. The number of amides is 2. The molecule has 4 bridgehead atoms. The lowest BCUT2D eigenvalue weighted by atomic mass is 9.49. The third-order valence-electron chi connectivity index (χ3n) is 7.96. The monoisotopic (exact) mass is 380 g/mol. The first kappa shape index (κ1) is 18.2. The molecule has 6 rings (SSSR count). The molecule has 1 aliphatic heterocycles. The van der Waals surface area contributed by atoms with Gasteiger partial charge in [-0.2, -0.15) is 0 Å². The number of hydrogen-bond acceptors (Lipinski definition) is 2. The first-order chi connectivity index (χ1) is 13.5. The summed E-state index contributed by atoms with van der Waals surface area (Å²) < 4.78 is 0. The SMILES string of the molecule is CC1CCN(C(=O)c2cccc(NC(=O)C34CC5CC(CC(C5)C3)C4)c2)CC1. The highest BCUT2D eigenvalue weighted by molar-refractivity contribution is 5.99. The lowest BCUT2D eigenvalue weighted by molar-refractivity contribution is -0.140. The Kier molecular flexibility index (Phi) is 4.48. The van der Waals surface area contributed by atoms with Crippen molar-refractivity contribution < 1.29 is 9.59 Å². The number of hydrogen-bond donors (Lipinski definition) is 1. The van der Waals surface area contributed by atoms with Crippen LogP contribution in [-0.2, 0) is 4.79 Å². The van der Waals surface area contributed by atoms with Crippen molar-refractivity contribution >= 4 is 17.5 Å². The summed E-state index contributed by atoms with van der Waals surface area (Å²) in [6.45, 7) is 3.93. The van der Waals surface area contributed by atoms with Gasteiger partial charge in [-0.05, 0) is 93.2 Å². The topological polar surface area (TPSA) is 49.4 Å². The van der Waals surface area contributed by atoms with Crippen molar-refractivity contribution in [1.82, 2.24) is 4.90 Å². The van der Waals surface area contributed by atoms with Gasteiger partial charge in [0.25, 0.3) is 5.91 Å². The average molecular weight is 381 g/mol. The van der Waals surface area contributed by atoms with E-state index in [9.17, 15) is 9.59 Å². The fourth-order valence-corrected chi connectivity index (χ4v) is 6.78. The summed E-state index contributed by atoms with van der Waals surface area (Å²) in [7, 11) is 0. The lowest BCUT2D eigenvalue weighted by Crippen LogP contribution is -2.51. The highest BCUT2D eigenvalue weighted by Crippen LogP contribution is 2.60. The van der Waals surface area contributed by atoms with Gasteiger partial charge in [0.15, 0.2) is 0 Å². The van der Waals surface area contributed by atoms with Gasteiger partial charge in [0.1, 0.15) is 0 Å². The molecule has 1 aromatic rings. The summed E-state index contributed by atoms with van der Waals surface area (Å²) in [5.41, 5.74) is 1.31. The normalized spacial score (nSPS) is 34.5. The molecule has 4 aliphatic carbocycles. The van der Waals surface area contributed by atoms with Gasteiger partial charge in [-0.25, -0.2) is 0 Å². The molecular weight excluding hydrogens is 348 g/mol. The Bertz CT molecular complexity index is 743. The van der Waals surface area contributed by atoms with Crippen LogP contribution in [0.25, 0.3) is 0 Å². The quantitative estimate of drug-likeness (QED) is 0.825. The molecule has 4 nitrogen and oxygen atoms in total. The summed E-state index contributed by atoms with van der Waals surface area (Å²) >= 11 is 0. The molecule has 1 N–H and O–H groups in total. The maximum Gasteiger partial charge on any atom is 0.253 e. The van der Waals surface area contributed by atoms with Crippen LogP contribution in [-0.4, -0.2) is 29.8 Å². The van der Waals surface area contributed by atoms with Crippen molar-refractivity contribution in [2.45, 2.75) is 58.3 Å². The molecule has 5 aliphatic rings. The Hall–Kier alpha value is -1.84. The van der Waals surface area contributed by atoms with Crippen LogP contribution >= 0.6 is 0 Å². The number of likely N-dealkylation sites (tertiary alicyclic amines) is 1. The first-order valence-electron chi connectivity index (χ1n) is 11.2. The van der Waals surface area contributed by atoms with Gasteiger partial charge in [0.2, 0.25) is 5.91 Å². The Morgan fingerprint density at radius 3 is 2.21 bits per heavy atom. The molecule has 28 heavy (non-hydrogen) atoms. The molecule has 0 aromatic heterocycles. The van der Waals surface area contributed by atoms with Crippen molar-refractivity contribution in [1.29, 1.82) is 0 Å². The predicted octanol–water partition coefficient (Wildman–Crippen LogP) is 4.71. The van der Waals surface area contributed by atoms with Gasteiger partial charge in [-0.1, -0.05) is 13.0 Å². The highest BCUT2D eigenvalue weighted by Gasteiger charge is 2.54. The number of benzene rings is 1. The van der Waals surface area contributed by atoms with Crippen LogP contribution in [0, 0.1) is 29.1 Å². The minimum Gasteiger partial charge on any atom is -0.339 e. The van der Waals surface area contributed by atoms with Crippen LogP contribution in [0.4, 0.5) is 5.69 Å². The van der Waals surface area contributed by atoms with E-state index >= 15 is 0 Å². The fourth-order valence-electron chi connectivity index (χ4n) is 6.78. The minimum absolute atomic E-state index is 0.0952. The summed E-state index contributed by atoms with van der Waals surface area (Å²) in [6, 6.07) is 7.57.